The predicted octanol–water partition coefficient (Wildman–Crippen LogP) is 3.70. The molecule has 1 N–H and O–H groups in total. The van der Waals surface area contributed by atoms with Gasteiger partial charge in [0.05, 0.1) is 14.2 Å². The lowest BCUT2D eigenvalue weighted by Crippen LogP contribution is -2.29. The quantitative estimate of drug-likeness (QED) is 0.536. The average molecular weight is 419 g/mol. The number of benzene rings is 3. The number of amides is 1. The number of rotatable bonds is 9. The van der Waals surface area contributed by atoms with Crippen LogP contribution in [-0.4, -0.2) is 32.7 Å². The van der Waals surface area contributed by atoms with Crippen molar-refractivity contribution in [1.82, 2.24) is 5.32 Å². The topological polar surface area (TPSA) is 73.9 Å². The normalized spacial score (nSPS) is 10.4. The van der Waals surface area contributed by atoms with Crippen molar-refractivity contribution in [2.24, 2.45) is 0 Å². The molecule has 0 radical (unpaired) electrons. The van der Waals surface area contributed by atoms with Crippen LogP contribution in [0.4, 0.5) is 0 Å². The molecule has 0 aliphatic carbocycles. The molecule has 0 heterocycles. The maximum absolute atomic E-state index is 12.8. The molecular weight excluding hydrogens is 394 g/mol. The van der Waals surface area contributed by atoms with Crippen LogP contribution < -0.4 is 14.8 Å². The number of nitrogens with one attached hydrogen (secondary N) is 1. The molecule has 0 unspecified atom stereocenters. The van der Waals surface area contributed by atoms with E-state index in [1.165, 1.54) is 0 Å². The summed E-state index contributed by atoms with van der Waals surface area (Å²) in [5.41, 5.74) is 2.46. The fourth-order valence-electron chi connectivity index (χ4n) is 3.22. The Morgan fingerprint density at radius 3 is 1.94 bits per heavy atom. The van der Waals surface area contributed by atoms with Gasteiger partial charge in [-0.2, -0.15) is 0 Å². The molecule has 3 aromatic rings. The van der Waals surface area contributed by atoms with E-state index in [2.05, 4.69) is 5.32 Å². The van der Waals surface area contributed by atoms with Crippen molar-refractivity contribution in [3.63, 3.8) is 0 Å². The van der Waals surface area contributed by atoms with E-state index < -0.39 is 11.9 Å². The number of methoxy groups -OCH3 is 2. The predicted molar refractivity (Wildman–Crippen MR) is 117 cm³/mol. The Balaban J connectivity index is 1.60. The van der Waals surface area contributed by atoms with E-state index in [0.717, 1.165) is 16.7 Å². The zero-order valence-corrected chi connectivity index (χ0v) is 17.5. The number of hydrogen-bond acceptors (Lipinski definition) is 5. The minimum atomic E-state index is -0.596. The monoisotopic (exact) mass is 419 g/mol. The summed E-state index contributed by atoms with van der Waals surface area (Å²) in [5.74, 6) is -0.267. The highest BCUT2D eigenvalue weighted by atomic mass is 16.5. The van der Waals surface area contributed by atoms with Gasteiger partial charge in [-0.05, 0) is 28.8 Å². The highest BCUT2D eigenvalue weighted by Gasteiger charge is 2.24. The van der Waals surface area contributed by atoms with Crippen molar-refractivity contribution in [2.45, 2.75) is 12.5 Å². The molecule has 31 heavy (non-hydrogen) atoms. The lowest BCUT2D eigenvalue weighted by atomic mass is 9.91. The lowest BCUT2D eigenvalue weighted by molar-refractivity contribution is -0.149. The molecular formula is C25H25NO5. The molecule has 3 aromatic carbocycles. The Bertz CT molecular complexity index is 965. The summed E-state index contributed by atoms with van der Waals surface area (Å²) in [6.07, 6.45) is 0. The molecule has 0 fully saturated rings. The minimum absolute atomic E-state index is 0.275. The van der Waals surface area contributed by atoms with Gasteiger partial charge in [-0.15, -0.1) is 0 Å². The van der Waals surface area contributed by atoms with Gasteiger partial charge in [0.2, 0.25) is 0 Å². The van der Waals surface area contributed by atoms with Gasteiger partial charge in [-0.3, -0.25) is 9.59 Å². The Kier molecular flexibility index (Phi) is 7.65. The zero-order chi connectivity index (χ0) is 22.1. The van der Waals surface area contributed by atoms with Crippen molar-refractivity contribution in [3.8, 4) is 11.5 Å². The van der Waals surface area contributed by atoms with Gasteiger partial charge in [-0.1, -0.05) is 66.7 Å². The first-order chi connectivity index (χ1) is 15.1. The molecule has 0 aromatic heterocycles. The maximum atomic E-state index is 12.8. The molecule has 1 amide bonds. The summed E-state index contributed by atoms with van der Waals surface area (Å²) in [6.45, 7) is -0.0835. The third kappa shape index (κ3) is 5.85. The van der Waals surface area contributed by atoms with Crippen LogP contribution in [-0.2, 0) is 20.9 Å². The summed E-state index contributed by atoms with van der Waals surface area (Å²) in [4.78, 5) is 25.1. The molecule has 0 bridgehead atoms. The summed E-state index contributed by atoms with van der Waals surface area (Å²) in [6, 6.07) is 24.1. The third-order valence-corrected chi connectivity index (χ3v) is 4.78. The second-order valence-electron chi connectivity index (χ2n) is 6.83. The van der Waals surface area contributed by atoms with Crippen molar-refractivity contribution in [1.29, 1.82) is 0 Å². The van der Waals surface area contributed by atoms with Crippen molar-refractivity contribution < 1.29 is 23.8 Å². The van der Waals surface area contributed by atoms with Crippen LogP contribution in [0.5, 0.6) is 11.5 Å². The first-order valence-electron chi connectivity index (χ1n) is 9.86. The highest BCUT2D eigenvalue weighted by Crippen LogP contribution is 2.28. The van der Waals surface area contributed by atoms with Gasteiger partial charge in [0.1, 0.15) is 5.92 Å². The molecule has 0 aliphatic heterocycles. The largest absolute Gasteiger partial charge is 0.493 e. The Morgan fingerprint density at radius 1 is 0.806 bits per heavy atom. The fraction of sp³-hybridized carbons (Fsp3) is 0.200. The van der Waals surface area contributed by atoms with Gasteiger partial charge in [0.15, 0.2) is 18.1 Å². The van der Waals surface area contributed by atoms with E-state index in [0.29, 0.717) is 11.5 Å². The van der Waals surface area contributed by atoms with E-state index in [9.17, 15) is 9.59 Å². The van der Waals surface area contributed by atoms with Crippen LogP contribution in [0.25, 0.3) is 0 Å². The van der Waals surface area contributed by atoms with Gasteiger partial charge in [0.25, 0.3) is 5.91 Å². The Labute approximate surface area is 181 Å². The van der Waals surface area contributed by atoms with Crippen LogP contribution in [0.15, 0.2) is 78.9 Å². The molecule has 0 spiro atoms. The van der Waals surface area contributed by atoms with Crippen molar-refractivity contribution in [2.75, 3.05) is 20.8 Å². The van der Waals surface area contributed by atoms with Crippen LogP contribution in [0.2, 0.25) is 0 Å². The summed E-state index contributed by atoms with van der Waals surface area (Å²) in [5, 5.41) is 2.75. The second kappa shape index (κ2) is 10.8. The number of hydrogen-bond donors (Lipinski definition) is 1. The SMILES string of the molecule is COc1ccc(CNC(=O)COC(=O)C(c2ccccc2)c2ccccc2)cc1OC. The van der Waals surface area contributed by atoms with E-state index in [1.807, 2.05) is 66.7 Å². The molecule has 6 heteroatoms. The van der Waals surface area contributed by atoms with Crippen LogP contribution in [0, 0.1) is 0 Å². The minimum Gasteiger partial charge on any atom is -0.493 e. The van der Waals surface area contributed by atoms with E-state index >= 15 is 0 Å². The van der Waals surface area contributed by atoms with Crippen LogP contribution in [0.1, 0.15) is 22.6 Å². The van der Waals surface area contributed by atoms with Gasteiger partial charge < -0.3 is 19.5 Å². The van der Waals surface area contributed by atoms with E-state index in [-0.39, 0.29) is 19.1 Å². The fourth-order valence-corrected chi connectivity index (χ4v) is 3.22. The maximum Gasteiger partial charge on any atom is 0.318 e. The molecule has 160 valence electrons. The van der Waals surface area contributed by atoms with Crippen LogP contribution >= 0.6 is 0 Å². The van der Waals surface area contributed by atoms with E-state index in [1.54, 1.807) is 26.4 Å². The summed E-state index contributed by atoms with van der Waals surface area (Å²) >= 11 is 0. The number of carbonyl (C=O) groups is 2. The van der Waals surface area contributed by atoms with Crippen molar-refractivity contribution >= 4 is 11.9 Å². The summed E-state index contributed by atoms with van der Waals surface area (Å²) in [7, 11) is 3.11. The molecule has 0 atom stereocenters. The van der Waals surface area contributed by atoms with Gasteiger partial charge in [-0.25, -0.2) is 0 Å². The standard InChI is InChI=1S/C25H25NO5/c1-29-21-14-13-18(15-22(21)30-2)16-26-23(27)17-31-25(28)24(19-9-5-3-6-10-19)20-11-7-4-8-12-20/h3-15,24H,16-17H2,1-2H3,(H,26,27). The molecule has 3 rings (SSSR count). The van der Waals surface area contributed by atoms with Crippen molar-refractivity contribution in [3.05, 3.63) is 95.6 Å². The lowest BCUT2D eigenvalue weighted by Gasteiger charge is -2.17. The average Bonchev–Trinajstić information content (AvgIpc) is 2.82. The second-order valence-corrected chi connectivity index (χ2v) is 6.83. The molecule has 0 aliphatic rings. The first-order valence-corrected chi connectivity index (χ1v) is 9.86. The van der Waals surface area contributed by atoms with Gasteiger partial charge in [0, 0.05) is 6.54 Å². The Hall–Kier alpha value is -3.80. The third-order valence-electron chi connectivity index (χ3n) is 4.78. The Morgan fingerprint density at radius 2 is 1.39 bits per heavy atom. The van der Waals surface area contributed by atoms with Crippen LogP contribution in [0.3, 0.4) is 0 Å². The van der Waals surface area contributed by atoms with E-state index in [4.69, 9.17) is 14.2 Å². The van der Waals surface area contributed by atoms with Gasteiger partial charge >= 0.3 is 5.97 Å². The highest BCUT2D eigenvalue weighted by molar-refractivity contribution is 5.85. The number of carbonyl (C=O) groups excluding carboxylic acids is 2. The molecule has 0 saturated heterocycles. The number of esters is 1. The summed E-state index contributed by atoms with van der Waals surface area (Å²) < 4.78 is 15.8. The smallest absolute Gasteiger partial charge is 0.318 e. The zero-order valence-electron chi connectivity index (χ0n) is 17.5. The number of ether oxygens (including phenoxy) is 3. The first kappa shape index (κ1) is 21.9. The molecule has 0 saturated carbocycles. The molecule has 6 nitrogen and oxygen atoms in total.